The van der Waals surface area contributed by atoms with Crippen molar-refractivity contribution in [3.05, 3.63) is 21.7 Å². The maximum Gasteiger partial charge on any atom is 0.171 e. The summed E-state index contributed by atoms with van der Waals surface area (Å²) >= 11 is 5.35. The number of morpholine rings is 1. The molecule has 134 valence electrons. The van der Waals surface area contributed by atoms with Crippen LogP contribution in [0.15, 0.2) is 26.7 Å². The Bertz CT molecular complexity index is 743. The number of rotatable bonds is 0. The van der Waals surface area contributed by atoms with Gasteiger partial charge < -0.3 is 15.0 Å². The second-order valence-corrected chi connectivity index (χ2v) is 9.15. The molecule has 3 aliphatic heterocycles. The van der Waals surface area contributed by atoms with E-state index in [4.69, 9.17) is 15.6 Å². The Morgan fingerprint density at radius 3 is 2.92 bits per heavy atom. The second kappa shape index (κ2) is 6.55. The lowest BCUT2D eigenvalue weighted by molar-refractivity contribution is 0.0348. The fourth-order valence-electron chi connectivity index (χ4n) is 3.81. The van der Waals surface area contributed by atoms with Crippen molar-refractivity contribution in [2.75, 3.05) is 19.8 Å². The van der Waals surface area contributed by atoms with Gasteiger partial charge in [-0.25, -0.2) is 4.99 Å². The van der Waals surface area contributed by atoms with Crippen molar-refractivity contribution >= 4 is 44.5 Å². The van der Waals surface area contributed by atoms with E-state index in [9.17, 15) is 0 Å². The minimum absolute atomic E-state index is 0.226. The van der Waals surface area contributed by atoms with E-state index in [0.717, 1.165) is 46.3 Å². The maximum absolute atomic E-state index is 8.39. The molecule has 4 rings (SSSR count). The highest BCUT2D eigenvalue weighted by Crippen LogP contribution is 2.44. The second-order valence-electron chi connectivity index (χ2n) is 7.07. The number of hydrogen-bond acceptors (Lipinski definition) is 5. The molecular weight excluding hydrogens is 402 g/mol. The average Bonchev–Trinajstić information content (AvgIpc) is 3.09. The summed E-state index contributed by atoms with van der Waals surface area (Å²) < 4.78 is 5.51. The summed E-state index contributed by atoms with van der Waals surface area (Å²) in [5, 5.41) is 20.8. The van der Waals surface area contributed by atoms with E-state index in [1.54, 1.807) is 11.8 Å². The number of aliphatic imine (C=N–C) groups is 1. The van der Waals surface area contributed by atoms with Crippen molar-refractivity contribution in [3.63, 3.8) is 0 Å². The van der Waals surface area contributed by atoms with E-state index in [1.165, 1.54) is 0 Å². The van der Waals surface area contributed by atoms with E-state index < -0.39 is 0 Å². The third-order valence-corrected chi connectivity index (χ3v) is 7.02. The van der Waals surface area contributed by atoms with Crippen LogP contribution in [0.5, 0.6) is 0 Å². The highest BCUT2D eigenvalue weighted by atomic mass is 79.9. The van der Waals surface area contributed by atoms with Crippen LogP contribution in [0, 0.1) is 16.7 Å². The van der Waals surface area contributed by atoms with Gasteiger partial charge in [0.1, 0.15) is 5.84 Å². The van der Waals surface area contributed by atoms with Crippen LogP contribution in [0.2, 0.25) is 0 Å². The fraction of sp³-hybridized carbons (Fsp3) is 0.588. The summed E-state index contributed by atoms with van der Waals surface area (Å²) in [6, 6.07) is 0.265. The molecule has 3 heterocycles. The van der Waals surface area contributed by atoms with Gasteiger partial charge in [0.15, 0.2) is 11.0 Å². The Morgan fingerprint density at radius 2 is 2.16 bits per heavy atom. The first-order valence-corrected chi connectivity index (χ1v) is 10.4. The Morgan fingerprint density at radius 1 is 1.36 bits per heavy atom. The van der Waals surface area contributed by atoms with E-state index in [1.807, 2.05) is 0 Å². The SMILES string of the molecule is CC1CC2=C(C(=C3SC(N4CCOCC4C)=NC3=N)NC2=N)C(Br)C1. The number of amidine groups is 3. The van der Waals surface area contributed by atoms with Crippen molar-refractivity contribution in [2.45, 2.75) is 37.6 Å². The van der Waals surface area contributed by atoms with E-state index in [-0.39, 0.29) is 10.9 Å². The summed E-state index contributed by atoms with van der Waals surface area (Å²) in [4.78, 5) is 7.80. The smallest absolute Gasteiger partial charge is 0.171 e. The van der Waals surface area contributed by atoms with E-state index in [2.05, 4.69) is 45.0 Å². The third kappa shape index (κ3) is 2.98. The third-order valence-electron chi connectivity index (χ3n) is 5.08. The van der Waals surface area contributed by atoms with Crippen molar-refractivity contribution in [1.82, 2.24) is 10.2 Å². The molecule has 0 aromatic carbocycles. The van der Waals surface area contributed by atoms with Crippen LogP contribution in [0.25, 0.3) is 0 Å². The zero-order valence-electron chi connectivity index (χ0n) is 14.4. The van der Waals surface area contributed by atoms with Gasteiger partial charge in [-0.1, -0.05) is 22.9 Å². The van der Waals surface area contributed by atoms with Crippen LogP contribution in [-0.4, -0.2) is 52.4 Å². The average molecular weight is 424 g/mol. The van der Waals surface area contributed by atoms with Gasteiger partial charge in [-0.3, -0.25) is 10.8 Å². The monoisotopic (exact) mass is 423 g/mol. The van der Waals surface area contributed by atoms with Crippen molar-refractivity contribution in [2.24, 2.45) is 10.9 Å². The number of allylic oxidation sites excluding steroid dienone is 1. The fourth-order valence-corrected chi connectivity index (χ4v) is 6.06. The van der Waals surface area contributed by atoms with E-state index >= 15 is 0 Å². The summed E-state index contributed by atoms with van der Waals surface area (Å²) in [7, 11) is 0. The molecule has 6 nitrogen and oxygen atoms in total. The van der Waals surface area contributed by atoms with Crippen LogP contribution in [0.3, 0.4) is 0 Å². The standard InChI is InChI=1S/C17H22BrN5OS/c1-8-5-10-12(11(18)6-8)13(21-15(10)19)14-16(20)22-17(25-14)23-3-4-24-7-9(23)2/h8-9,11,20H,3-7H2,1-2H3,(H2,19,21). The molecule has 0 amide bonds. The molecule has 1 aliphatic carbocycles. The number of nitrogens with zero attached hydrogens (tertiary/aromatic N) is 2. The van der Waals surface area contributed by atoms with Gasteiger partial charge in [-0.2, -0.15) is 0 Å². The molecule has 1 fully saturated rings. The Balaban J connectivity index is 1.66. The predicted molar refractivity (Wildman–Crippen MR) is 106 cm³/mol. The first kappa shape index (κ1) is 17.3. The van der Waals surface area contributed by atoms with Crippen LogP contribution in [-0.2, 0) is 4.74 Å². The molecule has 0 aromatic heterocycles. The molecule has 0 saturated carbocycles. The maximum atomic E-state index is 8.39. The Kier molecular flexibility index (Phi) is 4.54. The molecular formula is C17H22BrN5OS. The lowest BCUT2D eigenvalue weighted by Crippen LogP contribution is -2.45. The van der Waals surface area contributed by atoms with Gasteiger partial charge in [0.05, 0.1) is 29.9 Å². The van der Waals surface area contributed by atoms with Crippen LogP contribution >= 0.6 is 27.7 Å². The topological polar surface area (TPSA) is 84.6 Å². The summed E-state index contributed by atoms with van der Waals surface area (Å²) in [5.41, 5.74) is 3.15. The largest absolute Gasteiger partial charge is 0.377 e. The van der Waals surface area contributed by atoms with Crippen molar-refractivity contribution in [3.8, 4) is 0 Å². The lowest BCUT2D eigenvalue weighted by atomic mass is 9.85. The summed E-state index contributed by atoms with van der Waals surface area (Å²) in [6.07, 6.45) is 1.98. The molecule has 0 radical (unpaired) electrons. The minimum atomic E-state index is 0.226. The molecule has 0 bridgehead atoms. The first-order chi connectivity index (χ1) is 12.0. The molecule has 4 aliphatic rings. The number of alkyl halides is 1. The first-order valence-electron chi connectivity index (χ1n) is 8.63. The van der Waals surface area contributed by atoms with Gasteiger partial charge >= 0.3 is 0 Å². The van der Waals surface area contributed by atoms with Crippen LogP contribution in [0.4, 0.5) is 0 Å². The molecule has 3 unspecified atom stereocenters. The Hall–Kier alpha value is -1.12. The molecule has 1 saturated heterocycles. The normalized spacial score (nSPS) is 35.9. The quantitative estimate of drug-likeness (QED) is 0.522. The highest BCUT2D eigenvalue weighted by molar-refractivity contribution is 9.09. The van der Waals surface area contributed by atoms with Crippen LogP contribution < -0.4 is 5.32 Å². The van der Waals surface area contributed by atoms with Crippen molar-refractivity contribution in [1.29, 1.82) is 10.8 Å². The zero-order valence-corrected chi connectivity index (χ0v) is 16.8. The van der Waals surface area contributed by atoms with Gasteiger partial charge in [0, 0.05) is 16.9 Å². The molecule has 0 spiro atoms. The number of ether oxygens (including phenoxy) is 1. The number of thioether (sulfide) groups is 1. The lowest BCUT2D eigenvalue weighted by Gasteiger charge is -2.34. The molecule has 3 atom stereocenters. The van der Waals surface area contributed by atoms with Crippen LogP contribution in [0.1, 0.15) is 26.7 Å². The number of nitrogens with one attached hydrogen (secondary N) is 3. The van der Waals surface area contributed by atoms with Gasteiger partial charge in [0.2, 0.25) is 0 Å². The zero-order chi connectivity index (χ0) is 17.7. The number of halogens is 1. The summed E-state index contributed by atoms with van der Waals surface area (Å²) in [6.45, 7) is 6.54. The van der Waals surface area contributed by atoms with Gasteiger partial charge in [0.25, 0.3) is 0 Å². The molecule has 0 aromatic rings. The van der Waals surface area contributed by atoms with Gasteiger partial charge in [-0.05, 0) is 43.0 Å². The summed E-state index contributed by atoms with van der Waals surface area (Å²) in [5.74, 6) is 1.34. The van der Waals surface area contributed by atoms with E-state index in [0.29, 0.717) is 30.8 Å². The molecule has 3 N–H and O–H groups in total. The van der Waals surface area contributed by atoms with Crippen molar-refractivity contribution < 1.29 is 4.74 Å². The van der Waals surface area contributed by atoms with Gasteiger partial charge in [-0.15, -0.1) is 0 Å². The molecule has 25 heavy (non-hydrogen) atoms. The molecule has 8 heteroatoms. The highest BCUT2D eigenvalue weighted by Gasteiger charge is 2.39. The Labute approximate surface area is 160 Å². The minimum Gasteiger partial charge on any atom is -0.377 e. The number of hydrogen-bond donors (Lipinski definition) is 3. The predicted octanol–water partition coefficient (Wildman–Crippen LogP) is 3.07.